The number of aromatic amines is 1. The first-order valence-corrected chi connectivity index (χ1v) is 9.66. The van der Waals surface area contributed by atoms with Crippen LogP contribution in [0.15, 0.2) is 30.5 Å². The van der Waals surface area contributed by atoms with Gasteiger partial charge in [-0.05, 0) is 38.5 Å². The van der Waals surface area contributed by atoms with E-state index in [2.05, 4.69) is 24.9 Å². The van der Waals surface area contributed by atoms with Crippen LogP contribution in [0.4, 0.5) is 13.2 Å². The van der Waals surface area contributed by atoms with Gasteiger partial charge in [-0.15, -0.1) is 0 Å². The lowest BCUT2D eigenvalue weighted by Crippen LogP contribution is -2.43. The van der Waals surface area contributed by atoms with Gasteiger partial charge in [0.15, 0.2) is 11.6 Å². The Bertz CT molecular complexity index is 1130. The summed E-state index contributed by atoms with van der Waals surface area (Å²) in [6.07, 6.45) is -1.50. The van der Waals surface area contributed by atoms with Gasteiger partial charge in [0, 0.05) is 24.7 Å². The largest absolute Gasteiger partial charge is 0.430 e. The van der Waals surface area contributed by atoms with E-state index in [0.29, 0.717) is 30.6 Å². The van der Waals surface area contributed by atoms with Gasteiger partial charge < -0.3 is 9.64 Å². The van der Waals surface area contributed by atoms with E-state index in [-0.39, 0.29) is 18.2 Å². The molecule has 1 aromatic carbocycles. The van der Waals surface area contributed by atoms with Crippen molar-refractivity contribution in [3.63, 3.8) is 0 Å². The molecule has 0 bridgehead atoms. The van der Waals surface area contributed by atoms with E-state index in [1.807, 2.05) is 6.92 Å². The number of amides is 1. The zero-order valence-corrected chi connectivity index (χ0v) is 17.1. The van der Waals surface area contributed by atoms with Crippen LogP contribution in [0.2, 0.25) is 0 Å². The van der Waals surface area contributed by atoms with E-state index in [0.717, 1.165) is 17.3 Å². The molecule has 31 heavy (non-hydrogen) atoms. The fourth-order valence-corrected chi connectivity index (χ4v) is 3.71. The van der Waals surface area contributed by atoms with Crippen LogP contribution in [0, 0.1) is 12.7 Å². The summed E-state index contributed by atoms with van der Waals surface area (Å²) < 4.78 is 45.5. The van der Waals surface area contributed by atoms with Crippen LogP contribution in [0.5, 0.6) is 5.75 Å². The number of hydrogen-bond acceptors (Lipinski definition) is 5. The van der Waals surface area contributed by atoms with Crippen LogP contribution in [-0.2, 0) is 13.0 Å². The third-order valence-corrected chi connectivity index (χ3v) is 5.06. The Labute approximate surface area is 176 Å². The zero-order valence-electron chi connectivity index (χ0n) is 17.1. The van der Waals surface area contributed by atoms with Gasteiger partial charge in [0.05, 0.1) is 29.2 Å². The minimum Gasteiger partial charge on any atom is -0.430 e. The Morgan fingerprint density at radius 3 is 2.74 bits per heavy atom. The molecule has 7 nitrogen and oxygen atoms in total. The molecule has 0 spiro atoms. The molecule has 0 saturated heterocycles. The summed E-state index contributed by atoms with van der Waals surface area (Å²) in [7, 11) is 0. The maximum atomic E-state index is 14.8. The second-order valence-corrected chi connectivity index (χ2v) is 7.53. The van der Waals surface area contributed by atoms with E-state index < -0.39 is 23.6 Å². The average Bonchev–Trinajstić information content (AvgIpc) is 3.22. The van der Waals surface area contributed by atoms with Crippen LogP contribution in [0.1, 0.15) is 41.3 Å². The van der Waals surface area contributed by atoms with Gasteiger partial charge in [-0.1, -0.05) is 6.07 Å². The second-order valence-electron chi connectivity index (χ2n) is 7.53. The average molecular weight is 431 g/mol. The van der Waals surface area contributed by atoms with E-state index in [4.69, 9.17) is 0 Å². The molecule has 162 valence electrons. The molecule has 3 aromatic rings. The molecular weight excluding hydrogens is 411 g/mol. The topological polar surface area (TPSA) is 84.0 Å². The Kier molecular flexibility index (Phi) is 5.16. The molecule has 1 aliphatic heterocycles. The van der Waals surface area contributed by atoms with E-state index in [1.165, 1.54) is 17.0 Å². The number of alkyl halides is 2. The predicted molar refractivity (Wildman–Crippen MR) is 105 cm³/mol. The number of H-pyrrole nitrogens is 1. The molecule has 4 rings (SSSR count). The lowest BCUT2D eigenvalue weighted by atomic mass is 9.95. The number of aromatic nitrogens is 4. The molecule has 1 aliphatic rings. The third-order valence-electron chi connectivity index (χ3n) is 5.06. The number of benzene rings is 1. The monoisotopic (exact) mass is 431 g/mol. The lowest BCUT2D eigenvalue weighted by Gasteiger charge is -2.35. The number of fused-ring (bicyclic) bond motifs is 1. The van der Waals surface area contributed by atoms with Crippen LogP contribution in [0.3, 0.4) is 0 Å². The SMILES string of the molecule is Cc1nc2c(c(-c3ccn[nH]3)n1)CC(C)N(C(=O)c1cccc(OC(C)(F)F)c1F)C2. The molecule has 10 heteroatoms. The lowest BCUT2D eigenvalue weighted by molar-refractivity contribution is -0.160. The molecule has 1 amide bonds. The molecule has 0 fully saturated rings. The molecular formula is C21H20F3N5O2. The van der Waals surface area contributed by atoms with E-state index in [1.54, 1.807) is 19.2 Å². The number of hydrogen-bond donors (Lipinski definition) is 1. The van der Waals surface area contributed by atoms with Crippen molar-refractivity contribution in [2.75, 3.05) is 0 Å². The highest BCUT2D eigenvalue weighted by Gasteiger charge is 2.33. The third kappa shape index (κ3) is 4.10. The van der Waals surface area contributed by atoms with Crippen LogP contribution >= 0.6 is 0 Å². The van der Waals surface area contributed by atoms with Crippen molar-refractivity contribution in [1.29, 1.82) is 0 Å². The minimum absolute atomic E-state index is 0.133. The fraction of sp³-hybridized carbons (Fsp3) is 0.333. The van der Waals surface area contributed by atoms with Crippen molar-refractivity contribution in [2.24, 2.45) is 0 Å². The van der Waals surface area contributed by atoms with Gasteiger partial charge in [-0.2, -0.15) is 13.9 Å². The fourth-order valence-electron chi connectivity index (χ4n) is 3.71. The van der Waals surface area contributed by atoms with Crippen molar-refractivity contribution in [3.05, 3.63) is 58.9 Å². The van der Waals surface area contributed by atoms with Crippen molar-refractivity contribution >= 4 is 5.91 Å². The molecule has 3 heterocycles. The summed E-state index contributed by atoms with van der Waals surface area (Å²) in [5.41, 5.74) is 2.65. The van der Waals surface area contributed by atoms with Gasteiger partial charge >= 0.3 is 6.11 Å². The quantitative estimate of drug-likeness (QED) is 0.678. The number of nitrogens with zero attached hydrogens (tertiary/aromatic N) is 4. The normalized spacial score (nSPS) is 16.2. The number of aryl methyl sites for hydroxylation is 1. The van der Waals surface area contributed by atoms with Crippen molar-refractivity contribution < 1.29 is 22.7 Å². The number of carbonyl (C=O) groups is 1. The molecule has 1 atom stereocenters. The maximum absolute atomic E-state index is 14.8. The van der Waals surface area contributed by atoms with Gasteiger partial charge in [0.2, 0.25) is 0 Å². The van der Waals surface area contributed by atoms with Gasteiger partial charge in [-0.25, -0.2) is 14.4 Å². The molecule has 0 radical (unpaired) electrons. The number of nitrogens with one attached hydrogen (secondary N) is 1. The summed E-state index contributed by atoms with van der Waals surface area (Å²) in [4.78, 5) is 23.6. The highest BCUT2D eigenvalue weighted by atomic mass is 19.3. The predicted octanol–water partition coefficient (Wildman–Crippen LogP) is 3.89. The Balaban J connectivity index is 1.68. The van der Waals surface area contributed by atoms with Crippen LogP contribution in [-0.4, -0.2) is 43.1 Å². The summed E-state index contributed by atoms with van der Waals surface area (Å²) in [6.45, 7) is 4.21. The number of carbonyl (C=O) groups excluding carboxylic acids is 1. The summed E-state index contributed by atoms with van der Waals surface area (Å²) in [6, 6.07) is 5.12. The first kappa shape index (κ1) is 20.8. The van der Waals surface area contributed by atoms with Crippen molar-refractivity contribution in [3.8, 4) is 17.1 Å². The van der Waals surface area contributed by atoms with Crippen molar-refractivity contribution in [1.82, 2.24) is 25.1 Å². The highest BCUT2D eigenvalue weighted by molar-refractivity contribution is 5.95. The first-order valence-electron chi connectivity index (χ1n) is 9.66. The van der Waals surface area contributed by atoms with Gasteiger partial charge in [-0.3, -0.25) is 9.89 Å². The number of halogens is 3. The standard InChI is InChI=1S/C21H20F3N5O2/c1-11-9-14-16(26-12(2)27-19(14)15-7-8-25-28-15)10-29(11)20(30)13-5-4-6-17(18(13)22)31-21(3,23)24/h4-8,11H,9-10H2,1-3H3,(H,25,28). The number of rotatable bonds is 4. The summed E-state index contributed by atoms with van der Waals surface area (Å²) >= 11 is 0. The van der Waals surface area contributed by atoms with Gasteiger partial charge in [0.1, 0.15) is 5.82 Å². The second kappa shape index (κ2) is 7.68. The molecule has 1 unspecified atom stereocenters. The van der Waals surface area contributed by atoms with Crippen LogP contribution in [0.25, 0.3) is 11.4 Å². The summed E-state index contributed by atoms with van der Waals surface area (Å²) in [5.74, 6) is -1.90. The molecule has 0 aliphatic carbocycles. The molecule has 2 aromatic heterocycles. The van der Waals surface area contributed by atoms with E-state index in [9.17, 15) is 18.0 Å². The zero-order chi connectivity index (χ0) is 22.3. The highest BCUT2D eigenvalue weighted by Crippen LogP contribution is 2.32. The summed E-state index contributed by atoms with van der Waals surface area (Å²) in [5, 5.41) is 6.86. The number of ether oxygens (including phenoxy) is 1. The van der Waals surface area contributed by atoms with E-state index >= 15 is 0 Å². The Morgan fingerprint density at radius 1 is 1.29 bits per heavy atom. The molecule has 0 saturated carbocycles. The maximum Gasteiger partial charge on any atom is 0.395 e. The Morgan fingerprint density at radius 2 is 2.06 bits per heavy atom. The van der Waals surface area contributed by atoms with Crippen LogP contribution < -0.4 is 4.74 Å². The minimum atomic E-state index is -3.57. The molecule has 1 N–H and O–H groups in total. The van der Waals surface area contributed by atoms with Crippen molar-refractivity contribution in [2.45, 2.75) is 45.9 Å². The van der Waals surface area contributed by atoms with Gasteiger partial charge in [0.25, 0.3) is 5.91 Å². The Hall–Kier alpha value is -3.43. The first-order chi connectivity index (χ1) is 14.6. The smallest absolute Gasteiger partial charge is 0.395 e.